The molecule has 5 heteroatoms. The van der Waals surface area contributed by atoms with Gasteiger partial charge in [-0.15, -0.1) is 0 Å². The van der Waals surface area contributed by atoms with E-state index in [0.717, 1.165) is 24.9 Å². The fraction of sp³-hybridized carbons (Fsp3) is 0.467. The molecule has 1 aromatic carbocycles. The van der Waals surface area contributed by atoms with Crippen LogP contribution in [0.3, 0.4) is 0 Å². The average Bonchev–Trinajstić information content (AvgIpc) is 2.86. The highest BCUT2D eigenvalue weighted by atomic mass is 16.4. The van der Waals surface area contributed by atoms with Crippen LogP contribution in [0.2, 0.25) is 0 Å². The first-order valence-electron chi connectivity index (χ1n) is 6.87. The van der Waals surface area contributed by atoms with Gasteiger partial charge in [0, 0.05) is 12.1 Å². The lowest BCUT2D eigenvalue weighted by molar-refractivity contribution is -0.137. The number of amides is 1. The number of carboxylic acids is 1. The van der Waals surface area contributed by atoms with Gasteiger partial charge in [0.1, 0.15) is 0 Å². The number of carbonyl (C=O) groups excluding carboxylic acids is 1. The second kappa shape index (κ2) is 6.05. The van der Waals surface area contributed by atoms with Crippen molar-refractivity contribution in [1.29, 1.82) is 0 Å². The maximum atomic E-state index is 12.3. The molecule has 1 atom stereocenters. The van der Waals surface area contributed by atoms with Crippen LogP contribution in [0.1, 0.15) is 31.7 Å². The highest BCUT2D eigenvalue weighted by Crippen LogP contribution is 2.23. The highest BCUT2D eigenvalue weighted by molar-refractivity contribution is 5.98. The third kappa shape index (κ3) is 3.36. The number of nitrogens with one attached hydrogen (secondary N) is 2. The van der Waals surface area contributed by atoms with Gasteiger partial charge in [-0.3, -0.25) is 9.59 Å². The number of hydrogen-bond donors (Lipinski definition) is 3. The Hall–Kier alpha value is -1.88. The summed E-state index contributed by atoms with van der Waals surface area (Å²) in [6, 6.07) is 7.35. The van der Waals surface area contributed by atoms with Gasteiger partial charge in [-0.25, -0.2) is 0 Å². The molecule has 2 rings (SSSR count). The summed E-state index contributed by atoms with van der Waals surface area (Å²) in [6.45, 7) is 2.75. The number of benzene rings is 1. The first kappa shape index (κ1) is 14.5. The van der Waals surface area contributed by atoms with Crippen molar-refractivity contribution in [3.05, 3.63) is 29.8 Å². The van der Waals surface area contributed by atoms with Crippen molar-refractivity contribution < 1.29 is 14.7 Å². The third-order valence-electron chi connectivity index (χ3n) is 3.74. The van der Waals surface area contributed by atoms with Crippen LogP contribution in [0.25, 0.3) is 0 Å². The van der Waals surface area contributed by atoms with Crippen molar-refractivity contribution in [3.63, 3.8) is 0 Å². The molecule has 1 aliphatic rings. The number of para-hydroxylation sites is 1. The van der Waals surface area contributed by atoms with E-state index in [2.05, 4.69) is 10.6 Å². The molecule has 1 saturated heterocycles. The molecule has 1 unspecified atom stereocenters. The van der Waals surface area contributed by atoms with Crippen molar-refractivity contribution in [2.24, 2.45) is 0 Å². The van der Waals surface area contributed by atoms with Gasteiger partial charge in [-0.1, -0.05) is 18.2 Å². The van der Waals surface area contributed by atoms with Crippen LogP contribution in [0.5, 0.6) is 0 Å². The number of aryl methyl sites for hydroxylation is 1. The minimum absolute atomic E-state index is 0.0576. The predicted molar refractivity (Wildman–Crippen MR) is 76.7 cm³/mol. The van der Waals surface area contributed by atoms with Crippen LogP contribution in [-0.4, -0.2) is 29.1 Å². The number of rotatable bonds is 5. The molecular weight excluding hydrogens is 256 g/mol. The van der Waals surface area contributed by atoms with E-state index in [4.69, 9.17) is 5.11 Å². The Labute approximate surface area is 118 Å². The Morgan fingerprint density at radius 2 is 2.15 bits per heavy atom. The van der Waals surface area contributed by atoms with Gasteiger partial charge in [0.25, 0.3) is 0 Å². The van der Waals surface area contributed by atoms with E-state index in [1.165, 1.54) is 0 Å². The summed E-state index contributed by atoms with van der Waals surface area (Å²) in [5.74, 6) is -0.895. The summed E-state index contributed by atoms with van der Waals surface area (Å²) in [5, 5.41) is 14.9. The normalized spacial score (nSPS) is 21.6. The van der Waals surface area contributed by atoms with Gasteiger partial charge in [0.15, 0.2) is 0 Å². The number of hydrogen-bond acceptors (Lipinski definition) is 3. The Morgan fingerprint density at radius 1 is 1.40 bits per heavy atom. The lowest BCUT2D eigenvalue weighted by Gasteiger charge is -2.23. The van der Waals surface area contributed by atoms with Crippen LogP contribution in [0, 0.1) is 0 Å². The Balaban J connectivity index is 2.08. The maximum absolute atomic E-state index is 12.3. The van der Waals surface area contributed by atoms with Crippen molar-refractivity contribution in [3.8, 4) is 0 Å². The largest absolute Gasteiger partial charge is 0.481 e. The molecule has 20 heavy (non-hydrogen) atoms. The molecule has 5 nitrogen and oxygen atoms in total. The summed E-state index contributed by atoms with van der Waals surface area (Å²) >= 11 is 0. The quantitative estimate of drug-likeness (QED) is 0.766. The van der Waals surface area contributed by atoms with Crippen molar-refractivity contribution >= 4 is 17.6 Å². The number of anilines is 1. The van der Waals surface area contributed by atoms with E-state index in [1.807, 2.05) is 31.2 Å². The summed E-state index contributed by atoms with van der Waals surface area (Å²) in [7, 11) is 0. The summed E-state index contributed by atoms with van der Waals surface area (Å²) in [4.78, 5) is 23.0. The van der Waals surface area contributed by atoms with Gasteiger partial charge < -0.3 is 15.7 Å². The Kier molecular flexibility index (Phi) is 4.39. The minimum Gasteiger partial charge on any atom is -0.481 e. The molecule has 0 bridgehead atoms. The first-order chi connectivity index (χ1) is 9.51. The maximum Gasteiger partial charge on any atom is 0.303 e. The van der Waals surface area contributed by atoms with Gasteiger partial charge in [0.2, 0.25) is 5.91 Å². The molecule has 1 aromatic rings. The Morgan fingerprint density at radius 3 is 2.80 bits per heavy atom. The first-order valence-corrected chi connectivity index (χ1v) is 6.87. The van der Waals surface area contributed by atoms with Gasteiger partial charge in [-0.05, 0) is 44.4 Å². The van der Waals surface area contributed by atoms with E-state index >= 15 is 0 Å². The second-order valence-electron chi connectivity index (χ2n) is 5.37. The SMILES string of the molecule is CC1(C(=O)Nc2ccccc2CCC(=O)O)CCCN1. The molecule has 3 N–H and O–H groups in total. The predicted octanol–water partition coefficient (Wildman–Crippen LogP) is 1.78. The van der Waals surface area contributed by atoms with Crippen molar-refractivity contribution in [2.45, 2.75) is 38.1 Å². The molecule has 108 valence electrons. The molecular formula is C15H20N2O3. The molecule has 0 spiro atoms. The molecule has 0 saturated carbocycles. The molecule has 1 amide bonds. The van der Waals surface area contributed by atoms with E-state index < -0.39 is 11.5 Å². The van der Waals surface area contributed by atoms with Crippen LogP contribution in [0.4, 0.5) is 5.69 Å². The fourth-order valence-electron chi connectivity index (χ4n) is 2.45. The Bertz CT molecular complexity index is 508. The topological polar surface area (TPSA) is 78.4 Å². The highest BCUT2D eigenvalue weighted by Gasteiger charge is 2.35. The van der Waals surface area contributed by atoms with Crippen LogP contribution in [-0.2, 0) is 16.0 Å². The molecule has 1 fully saturated rings. The average molecular weight is 276 g/mol. The number of aliphatic carboxylic acids is 1. The summed E-state index contributed by atoms with van der Waals surface area (Å²) in [5.41, 5.74) is 1.03. The third-order valence-corrected chi connectivity index (χ3v) is 3.74. The monoisotopic (exact) mass is 276 g/mol. The molecule has 0 radical (unpaired) electrons. The smallest absolute Gasteiger partial charge is 0.303 e. The zero-order valence-electron chi connectivity index (χ0n) is 11.6. The van der Waals surface area contributed by atoms with Crippen LogP contribution in [0.15, 0.2) is 24.3 Å². The lowest BCUT2D eigenvalue weighted by Crippen LogP contribution is -2.48. The standard InChI is InChI=1S/C15H20N2O3/c1-15(9-4-10-16-15)14(20)17-12-6-3-2-5-11(12)7-8-13(18)19/h2-3,5-6,16H,4,7-10H2,1H3,(H,17,20)(H,18,19). The summed E-state index contributed by atoms with van der Waals surface area (Å²) in [6.07, 6.45) is 2.28. The zero-order chi connectivity index (χ0) is 14.6. The number of carboxylic acid groups (broad SMARTS) is 1. The van der Waals surface area contributed by atoms with Gasteiger partial charge in [0.05, 0.1) is 5.54 Å². The molecule has 0 aliphatic carbocycles. The van der Waals surface area contributed by atoms with Crippen LogP contribution < -0.4 is 10.6 Å². The van der Waals surface area contributed by atoms with Crippen molar-refractivity contribution in [1.82, 2.24) is 5.32 Å². The number of carbonyl (C=O) groups is 2. The van der Waals surface area contributed by atoms with Crippen LogP contribution >= 0.6 is 0 Å². The van der Waals surface area contributed by atoms with E-state index in [1.54, 1.807) is 0 Å². The fourth-order valence-corrected chi connectivity index (χ4v) is 2.45. The molecule has 1 aliphatic heterocycles. The van der Waals surface area contributed by atoms with E-state index in [9.17, 15) is 9.59 Å². The molecule has 1 heterocycles. The van der Waals surface area contributed by atoms with Gasteiger partial charge in [-0.2, -0.15) is 0 Å². The lowest BCUT2D eigenvalue weighted by atomic mass is 9.98. The van der Waals surface area contributed by atoms with E-state index in [0.29, 0.717) is 12.1 Å². The van der Waals surface area contributed by atoms with Gasteiger partial charge >= 0.3 is 5.97 Å². The molecule has 0 aromatic heterocycles. The van der Waals surface area contributed by atoms with Crippen molar-refractivity contribution in [2.75, 3.05) is 11.9 Å². The summed E-state index contributed by atoms with van der Waals surface area (Å²) < 4.78 is 0. The second-order valence-corrected chi connectivity index (χ2v) is 5.37. The minimum atomic E-state index is -0.837. The van der Waals surface area contributed by atoms with E-state index in [-0.39, 0.29) is 12.3 Å². The zero-order valence-corrected chi connectivity index (χ0v) is 11.6.